The van der Waals surface area contributed by atoms with Gasteiger partial charge in [0, 0.05) is 24.2 Å². The van der Waals surface area contributed by atoms with Crippen LogP contribution in [-0.2, 0) is 0 Å². The summed E-state index contributed by atoms with van der Waals surface area (Å²) in [5.74, 6) is 0. The lowest BCUT2D eigenvalue weighted by Crippen LogP contribution is -2.24. The fourth-order valence-electron chi connectivity index (χ4n) is 1.69. The molecule has 0 aliphatic heterocycles. The highest BCUT2D eigenvalue weighted by Crippen LogP contribution is 2.18. The maximum absolute atomic E-state index is 4.39. The maximum atomic E-state index is 4.39. The molecular weight excluding hydrogens is 212 g/mol. The first-order valence-corrected chi connectivity index (χ1v) is 5.81. The Morgan fingerprint density at radius 1 is 1.24 bits per heavy atom. The van der Waals surface area contributed by atoms with Crippen LogP contribution >= 0.6 is 0 Å². The highest BCUT2D eigenvalue weighted by Gasteiger charge is 2.14. The highest BCUT2D eigenvalue weighted by molar-refractivity contribution is 5.22. The molecule has 1 unspecified atom stereocenters. The van der Waals surface area contributed by atoms with Crippen molar-refractivity contribution in [2.24, 2.45) is 0 Å². The maximum Gasteiger partial charge on any atom is 0.115 e. The molecule has 2 heterocycles. The topological polar surface area (TPSA) is 50.7 Å². The molecule has 0 amide bonds. The molecule has 1 N–H and O–H groups in total. The number of nitrogens with zero attached hydrogens (tertiary/aromatic N) is 3. The zero-order valence-corrected chi connectivity index (χ0v) is 9.87. The lowest BCUT2D eigenvalue weighted by atomic mass is 10.1. The first-order chi connectivity index (χ1) is 8.42. The molecule has 17 heavy (non-hydrogen) atoms. The number of hydrogen-bond donors (Lipinski definition) is 1. The number of aromatic nitrogens is 3. The van der Waals surface area contributed by atoms with Crippen molar-refractivity contribution in [1.29, 1.82) is 0 Å². The summed E-state index contributed by atoms with van der Waals surface area (Å²) in [6.45, 7) is 3.08. The Bertz CT molecular complexity index is 390. The minimum atomic E-state index is 0.0670. The lowest BCUT2D eigenvalue weighted by molar-refractivity contribution is 0.583. The van der Waals surface area contributed by atoms with Crippen molar-refractivity contribution in [3.63, 3.8) is 0 Å². The van der Waals surface area contributed by atoms with Crippen molar-refractivity contribution in [2.45, 2.75) is 19.4 Å². The number of pyridine rings is 1. The Kier molecular flexibility index (Phi) is 4.16. The first kappa shape index (κ1) is 11.7. The molecule has 0 saturated carbocycles. The van der Waals surface area contributed by atoms with Crippen LogP contribution in [0, 0.1) is 0 Å². The molecule has 0 fully saturated rings. The van der Waals surface area contributed by atoms with Crippen LogP contribution in [0.3, 0.4) is 0 Å². The summed E-state index contributed by atoms with van der Waals surface area (Å²) in [6, 6.07) is 5.99. The van der Waals surface area contributed by atoms with Gasteiger partial charge in [-0.05, 0) is 25.1 Å². The SMILES string of the molecule is CCCNC(c1cncnc1)c1ccccn1. The third-order valence-corrected chi connectivity index (χ3v) is 2.50. The third kappa shape index (κ3) is 3.07. The van der Waals surface area contributed by atoms with Crippen molar-refractivity contribution in [1.82, 2.24) is 20.3 Å². The van der Waals surface area contributed by atoms with E-state index in [1.54, 1.807) is 12.5 Å². The Hall–Kier alpha value is -1.81. The van der Waals surface area contributed by atoms with E-state index < -0.39 is 0 Å². The molecule has 2 aromatic heterocycles. The van der Waals surface area contributed by atoms with Crippen LogP contribution in [0.5, 0.6) is 0 Å². The Balaban J connectivity index is 2.26. The lowest BCUT2D eigenvalue weighted by Gasteiger charge is -2.17. The molecule has 4 nitrogen and oxygen atoms in total. The summed E-state index contributed by atoms with van der Waals surface area (Å²) in [5.41, 5.74) is 2.04. The second kappa shape index (κ2) is 6.06. The largest absolute Gasteiger partial charge is 0.305 e. The first-order valence-electron chi connectivity index (χ1n) is 5.81. The number of nitrogens with one attached hydrogen (secondary N) is 1. The average molecular weight is 228 g/mol. The van der Waals surface area contributed by atoms with E-state index >= 15 is 0 Å². The minimum absolute atomic E-state index is 0.0670. The van der Waals surface area contributed by atoms with Gasteiger partial charge in [0.15, 0.2) is 0 Å². The van der Waals surface area contributed by atoms with Gasteiger partial charge in [0.1, 0.15) is 6.33 Å². The van der Waals surface area contributed by atoms with Gasteiger partial charge in [0.25, 0.3) is 0 Å². The van der Waals surface area contributed by atoms with Crippen LogP contribution in [0.4, 0.5) is 0 Å². The summed E-state index contributed by atoms with van der Waals surface area (Å²) in [4.78, 5) is 12.5. The van der Waals surface area contributed by atoms with Crippen LogP contribution in [0.1, 0.15) is 30.6 Å². The molecule has 2 aromatic rings. The smallest absolute Gasteiger partial charge is 0.115 e. The predicted molar refractivity (Wildman–Crippen MR) is 66.4 cm³/mol. The average Bonchev–Trinajstić information content (AvgIpc) is 2.42. The van der Waals surface area contributed by atoms with Gasteiger partial charge in [-0.3, -0.25) is 4.98 Å². The Morgan fingerprint density at radius 2 is 2.06 bits per heavy atom. The molecule has 0 aliphatic carbocycles. The third-order valence-electron chi connectivity index (χ3n) is 2.50. The second-order valence-corrected chi connectivity index (χ2v) is 3.81. The molecule has 1 atom stereocenters. The van der Waals surface area contributed by atoms with E-state index in [9.17, 15) is 0 Å². The molecular formula is C13H16N4. The van der Waals surface area contributed by atoms with Crippen molar-refractivity contribution in [3.8, 4) is 0 Å². The zero-order valence-electron chi connectivity index (χ0n) is 9.87. The van der Waals surface area contributed by atoms with Gasteiger partial charge >= 0.3 is 0 Å². The van der Waals surface area contributed by atoms with E-state index in [0.717, 1.165) is 24.2 Å². The van der Waals surface area contributed by atoms with Crippen LogP contribution in [-0.4, -0.2) is 21.5 Å². The van der Waals surface area contributed by atoms with Crippen molar-refractivity contribution in [3.05, 3.63) is 54.4 Å². The molecule has 4 heteroatoms. The zero-order chi connectivity index (χ0) is 11.9. The van der Waals surface area contributed by atoms with E-state index in [1.165, 1.54) is 0 Å². The fraction of sp³-hybridized carbons (Fsp3) is 0.308. The van der Waals surface area contributed by atoms with E-state index in [4.69, 9.17) is 0 Å². The summed E-state index contributed by atoms with van der Waals surface area (Å²) in [5, 5.41) is 3.46. The van der Waals surface area contributed by atoms with Gasteiger partial charge < -0.3 is 5.32 Å². The molecule has 0 aliphatic rings. The summed E-state index contributed by atoms with van der Waals surface area (Å²) < 4.78 is 0. The predicted octanol–water partition coefficient (Wildman–Crippen LogP) is 1.96. The van der Waals surface area contributed by atoms with Crippen LogP contribution in [0.2, 0.25) is 0 Å². The van der Waals surface area contributed by atoms with E-state index in [1.807, 2.05) is 30.6 Å². The van der Waals surface area contributed by atoms with Crippen LogP contribution in [0.15, 0.2) is 43.1 Å². The van der Waals surface area contributed by atoms with Crippen molar-refractivity contribution < 1.29 is 0 Å². The molecule has 0 aromatic carbocycles. The van der Waals surface area contributed by atoms with Gasteiger partial charge in [0.2, 0.25) is 0 Å². The summed E-state index contributed by atoms with van der Waals surface area (Å²) in [7, 11) is 0. The van der Waals surface area contributed by atoms with E-state index in [-0.39, 0.29) is 6.04 Å². The van der Waals surface area contributed by atoms with Gasteiger partial charge in [-0.2, -0.15) is 0 Å². The quantitative estimate of drug-likeness (QED) is 0.850. The number of hydrogen-bond acceptors (Lipinski definition) is 4. The Labute approximate surface area is 101 Å². The van der Waals surface area contributed by atoms with E-state index in [0.29, 0.717) is 0 Å². The molecule has 0 bridgehead atoms. The number of rotatable bonds is 5. The Morgan fingerprint density at radius 3 is 2.71 bits per heavy atom. The van der Waals surface area contributed by atoms with Crippen LogP contribution in [0.25, 0.3) is 0 Å². The van der Waals surface area contributed by atoms with Gasteiger partial charge in [0.05, 0.1) is 11.7 Å². The fourth-order valence-corrected chi connectivity index (χ4v) is 1.69. The summed E-state index contributed by atoms with van der Waals surface area (Å²) in [6.07, 6.45) is 8.08. The molecule has 88 valence electrons. The van der Waals surface area contributed by atoms with Crippen molar-refractivity contribution in [2.75, 3.05) is 6.54 Å². The monoisotopic (exact) mass is 228 g/mol. The van der Waals surface area contributed by atoms with Gasteiger partial charge in [-0.25, -0.2) is 9.97 Å². The van der Waals surface area contributed by atoms with Gasteiger partial charge in [-0.15, -0.1) is 0 Å². The van der Waals surface area contributed by atoms with Crippen LogP contribution < -0.4 is 5.32 Å². The summed E-state index contributed by atoms with van der Waals surface area (Å²) >= 11 is 0. The molecule has 0 spiro atoms. The van der Waals surface area contributed by atoms with Gasteiger partial charge in [-0.1, -0.05) is 13.0 Å². The van der Waals surface area contributed by atoms with E-state index in [2.05, 4.69) is 27.2 Å². The normalized spacial score (nSPS) is 12.3. The standard InChI is InChI=1S/C13H16N4/c1-2-6-17-13(11-8-14-10-15-9-11)12-5-3-4-7-16-12/h3-5,7-10,13,17H,2,6H2,1H3. The molecule has 0 saturated heterocycles. The molecule has 0 radical (unpaired) electrons. The highest BCUT2D eigenvalue weighted by atomic mass is 14.9. The molecule has 2 rings (SSSR count). The van der Waals surface area contributed by atoms with Crippen molar-refractivity contribution >= 4 is 0 Å². The second-order valence-electron chi connectivity index (χ2n) is 3.81. The minimum Gasteiger partial charge on any atom is -0.305 e.